The maximum atomic E-state index is 12.8. The van der Waals surface area contributed by atoms with E-state index in [0.29, 0.717) is 5.75 Å². The molecule has 1 aromatic carbocycles. The van der Waals surface area contributed by atoms with Crippen molar-refractivity contribution < 1.29 is 18.1 Å². The summed E-state index contributed by atoms with van der Waals surface area (Å²) in [6, 6.07) is 4.67. The Hall–Kier alpha value is -1.70. The number of hydrogen-bond acceptors (Lipinski definition) is 4. The van der Waals surface area contributed by atoms with E-state index in [9.17, 15) is 23.3 Å². The molecule has 0 heterocycles. The molecule has 0 aliphatic heterocycles. The molecule has 0 aliphatic carbocycles. The van der Waals surface area contributed by atoms with Crippen molar-refractivity contribution >= 4 is 17.4 Å². The van der Waals surface area contributed by atoms with Crippen LogP contribution in [0.3, 0.4) is 0 Å². The number of hydrogen-bond donors (Lipinski definition) is 1. The average Bonchev–Trinajstić information content (AvgIpc) is 2.65. The van der Waals surface area contributed by atoms with Gasteiger partial charge in [-0.15, -0.1) is 11.8 Å². The first-order chi connectivity index (χ1) is 13.8. The van der Waals surface area contributed by atoms with Crippen molar-refractivity contribution in [3.05, 3.63) is 51.2 Å². The second kappa shape index (κ2) is 14.3. The molecule has 1 rings (SSSR count). The van der Waals surface area contributed by atoms with Crippen LogP contribution in [0.5, 0.6) is 0 Å². The molecule has 0 atom stereocenters. The second-order valence-electron chi connectivity index (χ2n) is 7.01. The molecule has 0 spiro atoms. The van der Waals surface area contributed by atoms with Gasteiger partial charge in [0.15, 0.2) is 0 Å². The minimum Gasteiger partial charge on any atom is -0.345 e. The molecule has 164 valence electrons. The first-order valence-corrected chi connectivity index (χ1v) is 11.2. The molecule has 8 heteroatoms. The fourth-order valence-electron chi connectivity index (χ4n) is 2.89. The van der Waals surface area contributed by atoms with Gasteiger partial charge in [-0.1, -0.05) is 70.8 Å². The standard InChI is InChI=1S/C21H31F3N2O2S/c1-2-3-4-5-6-7-8-9-10-11-15-29-20(17-26(27)28)25-19-14-12-13-18(16-19)21(22,23)24/h12-14,16-17,25H,2-11,15H2,1H3. The lowest BCUT2D eigenvalue weighted by Crippen LogP contribution is -2.06. The van der Waals surface area contributed by atoms with Crippen molar-refractivity contribution in [1.29, 1.82) is 0 Å². The van der Waals surface area contributed by atoms with Crippen LogP contribution in [0.25, 0.3) is 0 Å². The highest BCUT2D eigenvalue weighted by Crippen LogP contribution is 2.31. The number of benzene rings is 1. The van der Waals surface area contributed by atoms with Crippen LogP contribution >= 0.6 is 11.8 Å². The predicted molar refractivity (Wildman–Crippen MR) is 114 cm³/mol. The molecule has 0 amide bonds. The monoisotopic (exact) mass is 432 g/mol. The summed E-state index contributed by atoms with van der Waals surface area (Å²) in [5.74, 6) is 0.683. The van der Waals surface area contributed by atoms with Crippen LogP contribution in [0.4, 0.5) is 18.9 Å². The Labute approximate surface area is 175 Å². The van der Waals surface area contributed by atoms with Gasteiger partial charge in [-0.25, -0.2) is 0 Å². The van der Waals surface area contributed by atoms with Crippen molar-refractivity contribution in [3.63, 3.8) is 0 Å². The summed E-state index contributed by atoms with van der Waals surface area (Å²) in [5, 5.41) is 13.8. The number of anilines is 1. The van der Waals surface area contributed by atoms with Gasteiger partial charge in [-0.05, 0) is 30.4 Å². The molecule has 0 unspecified atom stereocenters. The number of nitrogens with zero attached hydrogens (tertiary/aromatic N) is 1. The minimum absolute atomic E-state index is 0.184. The van der Waals surface area contributed by atoms with E-state index in [-0.39, 0.29) is 10.7 Å². The summed E-state index contributed by atoms with van der Waals surface area (Å²) < 4.78 is 38.4. The lowest BCUT2D eigenvalue weighted by atomic mass is 10.1. The number of halogens is 3. The zero-order valence-corrected chi connectivity index (χ0v) is 17.8. The maximum absolute atomic E-state index is 12.8. The van der Waals surface area contributed by atoms with E-state index in [2.05, 4.69) is 12.2 Å². The first-order valence-electron chi connectivity index (χ1n) is 10.3. The normalized spacial score (nSPS) is 12.2. The molecule has 0 radical (unpaired) electrons. The zero-order chi connectivity index (χ0) is 21.5. The van der Waals surface area contributed by atoms with Crippen LogP contribution in [-0.2, 0) is 6.18 Å². The molecule has 1 aromatic rings. The van der Waals surface area contributed by atoms with E-state index < -0.39 is 16.7 Å². The highest BCUT2D eigenvalue weighted by molar-refractivity contribution is 8.03. The number of rotatable bonds is 15. The largest absolute Gasteiger partial charge is 0.416 e. The van der Waals surface area contributed by atoms with Gasteiger partial charge in [-0.3, -0.25) is 10.1 Å². The molecule has 0 fully saturated rings. The molecule has 4 nitrogen and oxygen atoms in total. The van der Waals surface area contributed by atoms with Gasteiger partial charge < -0.3 is 5.32 Å². The van der Waals surface area contributed by atoms with E-state index in [1.165, 1.54) is 68.8 Å². The summed E-state index contributed by atoms with van der Waals surface area (Å²) in [6.07, 6.45) is 8.40. The van der Waals surface area contributed by atoms with Crippen LogP contribution in [0.2, 0.25) is 0 Å². The lowest BCUT2D eigenvalue weighted by Gasteiger charge is -2.11. The highest BCUT2D eigenvalue weighted by Gasteiger charge is 2.30. The topological polar surface area (TPSA) is 55.2 Å². The SMILES string of the molecule is CCCCCCCCCCCCSC(=C[N+](=O)[O-])Nc1cccc(C(F)(F)F)c1. The summed E-state index contributed by atoms with van der Waals surface area (Å²) in [7, 11) is 0. The Morgan fingerprint density at radius 3 is 2.21 bits per heavy atom. The second-order valence-corrected chi connectivity index (χ2v) is 8.15. The summed E-state index contributed by atoms with van der Waals surface area (Å²) >= 11 is 1.26. The van der Waals surface area contributed by atoms with Crippen LogP contribution < -0.4 is 5.32 Å². The van der Waals surface area contributed by atoms with Crippen molar-refractivity contribution in [2.75, 3.05) is 11.1 Å². The Bertz CT molecular complexity index is 637. The van der Waals surface area contributed by atoms with Gasteiger partial charge in [-0.2, -0.15) is 13.2 Å². The highest BCUT2D eigenvalue weighted by atomic mass is 32.2. The smallest absolute Gasteiger partial charge is 0.345 e. The molecule has 0 bridgehead atoms. The van der Waals surface area contributed by atoms with Gasteiger partial charge in [0.25, 0.3) is 6.20 Å². The van der Waals surface area contributed by atoms with Crippen molar-refractivity contribution in [2.24, 2.45) is 0 Å². The van der Waals surface area contributed by atoms with Gasteiger partial charge in [0.1, 0.15) is 5.03 Å². The van der Waals surface area contributed by atoms with Crippen LogP contribution in [0, 0.1) is 10.1 Å². The van der Waals surface area contributed by atoms with E-state index in [1.807, 2.05) is 0 Å². The van der Waals surface area contributed by atoms with Crippen molar-refractivity contribution in [1.82, 2.24) is 0 Å². The van der Waals surface area contributed by atoms with E-state index >= 15 is 0 Å². The van der Waals surface area contributed by atoms with Gasteiger partial charge >= 0.3 is 6.18 Å². The number of nitro groups is 1. The van der Waals surface area contributed by atoms with Gasteiger partial charge in [0.05, 0.1) is 10.5 Å². The van der Waals surface area contributed by atoms with E-state index in [4.69, 9.17) is 0 Å². The summed E-state index contributed by atoms with van der Waals surface area (Å²) in [4.78, 5) is 10.2. The Morgan fingerprint density at radius 2 is 1.66 bits per heavy atom. The molecule has 29 heavy (non-hydrogen) atoms. The quantitative estimate of drug-likeness (QED) is 0.174. The minimum atomic E-state index is -4.45. The molecule has 0 saturated heterocycles. The third-order valence-electron chi connectivity index (χ3n) is 4.44. The van der Waals surface area contributed by atoms with Crippen LogP contribution in [-0.4, -0.2) is 10.7 Å². The lowest BCUT2D eigenvalue weighted by molar-refractivity contribution is -0.402. The molecule has 0 aromatic heterocycles. The molecule has 0 saturated carbocycles. The average molecular weight is 433 g/mol. The third-order valence-corrected chi connectivity index (χ3v) is 5.45. The fraction of sp³-hybridized carbons (Fsp3) is 0.619. The number of unbranched alkanes of at least 4 members (excludes halogenated alkanes) is 9. The number of nitrogens with one attached hydrogen (secondary N) is 1. The number of thioether (sulfide) groups is 1. The third kappa shape index (κ3) is 12.5. The van der Waals surface area contributed by atoms with Gasteiger partial charge in [0, 0.05) is 5.69 Å². The van der Waals surface area contributed by atoms with Crippen LogP contribution in [0.1, 0.15) is 76.7 Å². The maximum Gasteiger partial charge on any atom is 0.416 e. The van der Waals surface area contributed by atoms with E-state index in [1.54, 1.807) is 0 Å². The molecule has 1 N–H and O–H groups in total. The van der Waals surface area contributed by atoms with Crippen molar-refractivity contribution in [2.45, 2.75) is 77.3 Å². The van der Waals surface area contributed by atoms with Gasteiger partial charge in [0.2, 0.25) is 0 Å². The Kier molecular flexibility index (Phi) is 12.5. The van der Waals surface area contributed by atoms with Crippen molar-refractivity contribution in [3.8, 4) is 0 Å². The first kappa shape index (κ1) is 25.3. The summed E-state index contributed by atoms with van der Waals surface area (Å²) in [6.45, 7) is 2.21. The van der Waals surface area contributed by atoms with E-state index in [0.717, 1.165) is 37.6 Å². The molecule has 0 aliphatic rings. The zero-order valence-electron chi connectivity index (χ0n) is 17.0. The summed E-state index contributed by atoms with van der Waals surface area (Å²) in [5.41, 5.74) is -0.605. The molecular formula is C21H31F3N2O2S. The predicted octanol–water partition coefficient (Wildman–Crippen LogP) is 7.85. The van der Waals surface area contributed by atoms with Crippen LogP contribution in [0.15, 0.2) is 35.5 Å². The Balaban J connectivity index is 2.34. The fourth-order valence-corrected chi connectivity index (χ4v) is 3.81. The molecular weight excluding hydrogens is 401 g/mol. The number of alkyl halides is 3. The Morgan fingerprint density at radius 1 is 1.07 bits per heavy atom.